The summed E-state index contributed by atoms with van der Waals surface area (Å²) in [6.45, 7) is 2.30. The van der Waals surface area contributed by atoms with Crippen LogP contribution in [0.3, 0.4) is 0 Å². The number of nitriles is 1. The van der Waals surface area contributed by atoms with Gasteiger partial charge in [-0.25, -0.2) is 0 Å². The quantitative estimate of drug-likeness (QED) is 0.494. The van der Waals surface area contributed by atoms with Crippen LogP contribution in [0, 0.1) is 40.9 Å². The van der Waals surface area contributed by atoms with E-state index in [0.717, 1.165) is 17.4 Å². The van der Waals surface area contributed by atoms with E-state index in [-0.39, 0.29) is 0 Å². The van der Waals surface area contributed by atoms with Gasteiger partial charge in [0, 0.05) is 5.92 Å². The van der Waals surface area contributed by atoms with E-state index in [4.69, 9.17) is 5.26 Å². The molecule has 3 rings (SSSR count). The summed E-state index contributed by atoms with van der Waals surface area (Å²) in [4.78, 5) is 0. The first-order chi connectivity index (χ1) is 13.8. The molecule has 0 aliphatic heterocycles. The minimum atomic E-state index is 0.559. The number of nitrogens with zero attached hydrogens (tertiary/aromatic N) is 1. The van der Waals surface area contributed by atoms with Gasteiger partial charge in [0.2, 0.25) is 0 Å². The standard InChI is InChI=1S/C27H35N/c1-2-3-6-22-9-11-23(12-10-22)7-4-5-8-24-13-17-26(18-14-24)27-19-15-25(21-28)16-20-27/h4,7,15-16,19-20,22-24,26H,2-3,6,9-14,17-18H2,1H3/b7-4+/t22-,23-,24-,26-. The number of benzene rings is 1. The van der Waals surface area contributed by atoms with Gasteiger partial charge in [-0.1, -0.05) is 56.2 Å². The Morgan fingerprint density at radius 1 is 0.964 bits per heavy atom. The molecule has 2 aliphatic carbocycles. The Balaban J connectivity index is 1.38. The third-order valence-electron chi connectivity index (χ3n) is 6.83. The second kappa shape index (κ2) is 11.1. The van der Waals surface area contributed by atoms with Crippen LogP contribution < -0.4 is 0 Å². The summed E-state index contributed by atoms with van der Waals surface area (Å²) in [5.74, 6) is 9.81. The van der Waals surface area contributed by atoms with E-state index in [0.29, 0.717) is 11.8 Å². The van der Waals surface area contributed by atoms with Crippen molar-refractivity contribution in [3.05, 3.63) is 47.5 Å². The van der Waals surface area contributed by atoms with Crippen molar-refractivity contribution < 1.29 is 0 Å². The highest BCUT2D eigenvalue weighted by molar-refractivity contribution is 5.33. The molecule has 0 aromatic heterocycles. The van der Waals surface area contributed by atoms with Crippen LogP contribution in [-0.2, 0) is 0 Å². The van der Waals surface area contributed by atoms with Crippen molar-refractivity contribution in [2.24, 2.45) is 17.8 Å². The van der Waals surface area contributed by atoms with Crippen molar-refractivity contribution in [3.63, 3.8) is 0 Å². The Bertz CT molecular complexity index is 708. The summed E-state index contributed by atoms with van der Waals surface area (Å²) in [6.07, 6.45) is 19.1. The molecule has 1 aromatic rings. The molecule has 28 heavy (non-hydrogen) atoms. The SMILES string of the molecule is CCCC[C@H]1CC[C@H](/C=C/C#C[C@H]2CC[C@H](c3ccc(C#N)cc3)CC2)CC1. The summed E-state index contributed by atoms with van der Waals surface area (Å²) in [5, 5.41) is 8.93. The molecule has 0 amide bonds. The summed E-state index contributed by atoms with van der Waals surface area (Å²) >= 11 is 0. The first-order valence-corrected chi connectivity index (χ1v) is 11.5. The van der Waals surface area contributed by atoms with Gasteiger partial charge in [-0.15, -0.1) is 0 Å². The van der Waals surface area contributed by atoms with Gasteiger partial charge in [-0.2, -0.15) is 5.26 Å². The van der Waals surface area contributed by atoms with Gasteiger partial charge >= 0.3 is 0 Å². The maximum atomic E-state index is 8.93. The molecule has 0 atom stereocenters. The fourth-order valence-electron chi connectivity index (χ4n) is 4.91. The Kier molecular flexibility index (Phi) is 8.23. The summed E-state index contributed by atoms with van der Waals surface area (Å²) in [7, 11) is 0. The highest BCUT2D eigenvalue weighted by Crippen LogP contribution is 2.35. The molecule has 2 saturated carbocycles. The molecule has 0 N–H and O–H groups in total. The predicted molar refractivity (Wildman–Crippen MR) is 118 cm³/mol. The first-order valence-electron chi connectivity index (χ1n) is 11.5. The van der Waals surface area contributed by atoms with Crippen LogP contribution in [0.5, 0.6) is 0 Å². The molecule has 0 unspecified atom stereocenters. The minimum absolute atomic E-state index is 0.559. The van der Waals surface area contributed by atoms with E-state index in [1.807, 2.05) is 12.1 Å². The summed E-state index contributed by atoms with van der Waals surface area (Å²) in [6, 6.07) is 10.4. The van der Waals surface area contributed by atoms with Gasteiger partial charge in [-0.05, 0) is 92.9 Å². The van der Waals surface area contributed by atoms with E-state index in [1.54, 1.807) is 0 Å². The zero-order chi connectivity index (χ0) is 19.6. The van der Waals surface area contributed by atoms with E-state index >= 15 is 0 Å². The number of hydrogen-bond acceptors (Lipinski definition) is 1. The molecule has 0 heterocycles. The minimum Gasteiger partial charge on any atom is -0.192 e. The molecule has 0 spiro atoms. The number of rotatable bonds is 5. The van der Waals surface area contributed by atoms with Crippen molar-refractivity contribution in [1.29, 1.82) is 5.26 Å². The molecular formula is C27H35N. The Labute approximate surface area is 172 Å². The molecular weight excluding hydrogens is 338 g/mol. The maximum absolute atomic E-state index is 8.93. The zero-order valence-corrected chi connectivity index (χ0v) is 17.5. The van der Waals surface area contributed by atoms with E-state index in [1.165, 1.54) is 76.2 Å². The molecule has 1 aromatic carbocycles. The van der Waals surface area contributed by atoms with Crippen LogP contribution in [0.15, 0.2) is 36.4 Å². The van der Waals surface area contributed by atoms with Crippen molar-refractivity contribution in [3.8, 4) is 17.9 Å². The monoisotopic (exact) mass is 373 g/mol. The molecule has 0 saturated heterocycles. The van der Waals surface area contributed by atoms with Crippen LogP contribution in [0.1, 0.15) is 94.6 Å². The third kappa shape index (κ3) is 6.27. The van der Waals surface area contributed by atoms with Gasteiger partial charge in [0.15, 0.2) is 0 Å². The maximum Gasteiger partial charge on any atom is 0.0991 e. The second-order valence-electron chi connectivity index (χ2n) is 8.85. The van der Waals surface area contributed by atoms with Gasteiger partial charge in [0.1, 0.15) is 0 Å². The van der Waals surface area contributed by atoms with E-state index in [2.05, 4.69) is 49.1 Å². The Morgan fingerprint density at radius 2 is 1.68 bits per heavy atom. The van der Waals surface area contributed by atoms with Crippen LogP contribution in [0.25, 0.3) is 0 Å². The van der Waals surface area contributed by atoms with Crippen LogP contribution in [0.2, 0.25) is 0 Å². The fourth-order valence-corrected chi connectivity index (χ4v) is 4.91. The highest BCUT2D eigenvalue weighted by Gasteiger charge is 2.21. The topological polar surface area (TPSA) is 23.8 Å². The van der Waals surface area contributed by atoms with Gasteiger partial charge in [-0.3, -0.25) is 0 Å². The number of unbranched alkanes of at least 4 members (excludes halogenated alkanes) is 1. The predicted octanol–water partition coefficient (Wildman–Crippen LogP) is 7.39. The van der Waals surface area contributed by atoms with Crippen molar-refractivity contribution in [1.82, 2.24) is 0 Å². The lowest BCUT2D eigenvalue weighted by atomic mass is 9.79. The Hall–Kier alpha value is -1.99. The molecule has 1 heteroatoms. The smallest absolute Gasteiger partial charge is 0.0991 e. The average Bonchev–Trinajstić information content (AvgIpc) is 2.76. The summed E-state index contributed by atoms with van der Waals surface area (Å²) < 4.78 is 0. The van der Waals surface area contributed by atoms with Gasteiger partial charge in [0.25, 0.3) is 0 Å². The van der Waals surface area contributed by atoms with Crippen molar-refractivity contribution in [2.45, 2.75) is 83.5 Å². The van der Waals surface area contributed by atoms with Crippen molar-refractivity contribution in [2.75, 3.05) is 0 Å². The number of allylic oxidation sites excluding steroid dienone is 2. The fraction of sp³-hybridized carbons (Fsp3) is 0.593. The molecule has 0 radical (unpaired) electrons. The molecule has 2 fully saturated rings. The molecule has 1 nitrogen and oxygen atoms in total. The average molecular weight is 374 g/mol. The molecule has 0 bridgehead atoms. The number of hydrogen-bond donors (Lipinski definition) is 0. The Morgan fingerprint density at radius 3 is 2.32 bits per heavy atom. The lowest BCUT2D eigenvalue weighted by Crippen LogP contribution is -2.13. The zero-order valence-electron chi connectivity index (χ0n) is 17.5. The first kappa shape index (κ1) is 20.7. The van der Waals surface area contributed by atoms with Crippen LogP contribution in [0.4, 0.5) is 0 Å². The van der Waals surface area contributed by atoms with Gasteiger partial charge < -0.3 is 0 Å². The van der Waals surface area contributed by atoms with Crippen LogP contribution >= 0.6 is 0 Å². The van der Waals surface area contributed by atoms with E-state index < -0.39 is 0 Å². The summed E-state index contributed by atoms with van der Waals surface area (Å²) in [5.41, 5.74) is 2.14. The third-order valence-corrected chi connectivity index (χ3v) is 6.83. The van der Waals surface area contributed by atoms with Crippen LogP contribution in [-0.4, -0.2) is 0 Å². The molecule has 148 valence electrons. The highest BCUT2D eigenvalue weighted by atomic mass is 14.3. The normalized spacial score (nSPS) is 27.7. The van der Waals surface area contributed by atoms with E-state index in [9.17, 15) is 0 Å². The van der Waals surface area contributed by atoms with Gasteiger partial charge in [0.05, 0.1) is 11.6 Å². The largest absolute Gasteiger partial charge is 0.192 e. The second-order valence-corrected chi connectivity index (χ2v) is 8.85. The molecule has 2 aliphatic rings. The lowest BCUT2D eigenvalue weighted by molar-refractivity contribution is 0.291. The van der Waals surface area contributed by atoms with Crippen molar-refractivity contribution >= 4 is 0 Å². The lowest BCUT2D eigenvalue weighted by Gasteiger charge is -2.26.